The Morgan fingerprint density at radius 3 is 2.53 bits per heavy atom. The summed E-state index contributed by atoms with van der Waals surface area (Å²) in [6.45, 7) is 10.3. The van der Waals surface area contributed by atoms with Gasteiger partial charge in [0, 0.05) is 0 Å². The van der Waals surface area contributed by atoms with E-state index in [-0.39, 0.29) is 0 Å². The minimum Gasteiger partial charge on any atom is -0.330 e. The zero-order valence-electron chi connectivity index (χ0n) is 9.78. The van der Waals surface area contributed by atoms with E-state index in [4.69, 9.17) is 5.73 Å². The summed E-state index contributed by atoms with van der Waals surface area (Å²) < 4.78 is 0. The van der Waals surface area contributed by atoms with Crippen molar-refractivity contribution < 1.29 is 0 Å². The number of hydrogen-bond donors (Lipinski definition) is 1. The van der Waals surface area contributed by atoms with Gasteiger partial charge in [-0.3, -0.25) is 0 Å². The van der Waals surface area contributed by atoms with Gasteiger partial charge in [0.25, 0.3) is 0 Å². The van der Waals surface area contributed by atoms with E-state index >= 15 is 0 Å². The van der Waals surface area contributed by atoms with Crippen molar-refractivity contribution in [1.29, 1.82) is 0 Å². The maximum atomic E-state index is 5.67. The summed E-state index contributed by atoms with van der Waals surface area (Å²) in [4.78, 5) is 0. The molecule has 2 N–H and O–H groups in total. The van der Waals surface area contributed by atoms with E-state index in [9.17, 15) is 0 Å². The van der Waals surface area contributed by atoms with Crippen molar-refractivity contribution in [2.24, 2.45) is 11.7 Å². The van der Waals surface area contributed by atoms with E-state index in [2.05, 4.69) is 26.2 Å². The summed E-state index contributed by atoms with van der Waals surface area (Å²) in [6, 6.07) is 0. The second kappa shape index (κ2) is 9.47. The fraction of sp³-hybridized carbons (Fsp3) is 0.429. The topological polar surface area (TPSA) is 26.0 Å². The van der Waals surface area contributed by atoms with E-state index in [0.717, 1.165) is 25.8 Å². The van der Waals surface area contributed by atoms with Gasteiger partial charge in [0.05, 0.1) is 0 Å². The van der Waals surface area contributed by atoms with Crippen molar-refractivity contribution in [3.63, 3.8) is 0 Å². The molecule has 0 saturated heterocycles. The third-order valence-electron chi connectivity index (χ3n) is 2.53. The number of hydrogen-bond acceptors (Lipinski definition) is 1. The predicted molar refractivity (Wildman–Crippen MR) is 69.7 cm³/mol. The fourth-order valence-electron chi connectivity index (χ4n) is 1.42. The molecule has 0 aliphatic heterocycles. The highest BCUT2D eigenvalue weighted by atomic mass is 14.5. The molecule has 0 aromatic rings. The first-order valence-corrected chi connectivity index (χ1v) is 5.59. The van der Waals surface area contributed by atoms with Crippen LogP contribution in [0.5, 0.6) is 0 Å². The maximum Gasteiger partial charge on any atom is -0.00489 e. The minimum atomic E-state index is 0.635. The van der Waals surface area contributed by atoms with Gasteiger partial charge >= 0.3 is 0 Å². The molecule has 0 radical (unpaired) electrons. The van der Waals surface area contributed by atoms with Crippen molar-refractivity contribution >= 4 is 0 Å². The number of allylic oxidation sites excluding steroid dienone is 6. The third kappa shape index (κ3) is 6.92. The maximum absolute atomic E-state index is 5.67. The van der Waals surface area contributed by atoms with Crippen molar-refractivity contribution in [2.75, 3.05) is 6.54 Å². The van der Waals surface area contributed by atoms with Crippen LogP contribution in [0.2, 0.25) is 0 Å². The van der Waals surface area contributed by atoms with Crippen LogP contribution in [0.3, 0.4) is 0 Å². The molecule has 15 heavy (non-hydrogen) atoms. The van der Waals surface area contributed by atoms with Crippen molar-refractivity contribution in [3.05, 3.63) is 49.1 Å². The average molecular weight is 205 g/mol. The zero-order chi connectivity index (χ0) is 11.5. The second-order valence-corrected chi connectivity index (χ2v) is 3.62. The molecule has 0 aromatic heterocycles. The molecule has 0 aliphatic rings. The van der Waals surface area contributed by atoms with Crippen LogP contribution in [0.15, 0.2) is 49.1 Å². The highest BCUT2D eigenvalue weighted by Crippen LogP contribution is 2.15. The fourth-order valence-corrected chi connectivity index (χ4v) is 1.42. The Labute approximate surface area is 94.1 Å². The molecule has 1 atom stereocenters. The van der Waals surface area contributed by atoms with Crippen LogP contribution < -0.4 is 5.73 Å². The Balaban J connectivity index is 4.17. The normalized spacial score (nSPS) is 14.1. The van der Waals surface area contributed by atoms with E-state index in [1.165, 1.54) is 5.57 Å². The molecule has 0 saturated carbocycles. The molecule has 0 amide bonds. The summed E-state index contributed by atoms with van der Waals surface area (Å²) in [5.74, 6) is 0.635. The Bertz CT molecular complexity index is 232. The largest absolute Gasteiger partial charge is 0.330 e. The van der Waals surface area contributed by atoms with Crippen LogP contribution in [0, 0.1) is 5.92 Å². The minimum absolute atomic E-state index is 0.635. The average Bonchev–Trinajstić information content (AvgIpc) is 2.27. The highest BCUT2D eigenvalue weighted by molar-refractivity contribution is 5.25. The summed E-state index contributed by atoms with van der Waals surface area (Å²) >= 11 is 0. The van der Waals surface area contributed by atoms with Gasteiger partial charge in [0.1, 0.15) is 0 Å². The predicted octanol–water partition coefficient (Wildman–Crippen LogP) is 3.61. The standard InChI is InChI=1S/C14H23N/c1-4-7-9-14(8-5-2)11-10-13(6-3)12-15/h4-5,7-9,13H,1-2,6,10-12,15H2,3H3/b9-7-,14-8+. The zero-order valence-corrected chi connectivity index (χ0v) is 9.78. The van der Waals surface area contributed by atoms with E-state index < -0.39 is 0 Å². The first-order chi connectivity index (χ1) is 7.28. The van der Waals surface area contributed by atoms with Gasteiger partial charge < -0.3 is 5.73 Å². The molecule has 0 rings (SSSR count). The van der Waals surface area contributed by atoms with E-state index in [1.807, 2.05) is 18.2 Å². The smallest absolute Gasteiger partial charge is 0.00489 e. The monoisotopic (exact) mass is 205 g/mol. The molecule has 0 heterocycles. The summed E-state index contributed by atoms with van der Waals surface area (Å²) in [5.41, 5.74) is 6.96. The Hall–Kier alpha value is -1.08. The van der Waals surface area contributed by atoms with Crippen LogP contribution >= 0.6 is 0 Å². The summed E-state index contributed by atoms with van der Waals surface area (Å²) in [6.07, 6.45) is 13.1. The Morgan fingerprint density at radius 2 is 2.07 bits per heavy atom. The molecule has 84 valence electrons. The molecule has 0 fully saturated rings. The van der Waals surface area contributed by atoms with Crippen LogP contribution in [0.25, 0.3) is 0 Å². The van der Waals surface area contributed by atoms with Gasteiger partial charge in [-0.1, -0.05) is 56.9 Å². The van der Waals surface area contributed by atoms with Gasteiger partial charge in [-0.25, -0.2) is 0 Å². The van der Waals surface area contributed by atoms with Crippen molar-refractivity contribution in [3.8, 4) is 0 Å². The summed E-state index contributed by atoms with van der Waals surface area (Å²) in [7, 11) is 0. The highest BCUT2D eigenvalue weighted by Gasteiger charge is 2.03. The lowest BCUT2D eigenvalue weighted by Gasteiger charge is -2.11. The molecule has 1 nitrogen and oxygen atoms in total. The van der Waals surface area contributed by atoms with Crippen LogP contribution in [-0.2, 0) is 0 Å². The van der Waals surface area contributed by atoms with Gasteiger partial charge in [-0.2, -0.15) is 0 Å². The molecule has 1 unspecified atom stereocenters. The molecular weight excluding hydrogens is 182 g/mol. The van der Waals surface area contributed by atoms with Crippen LogP contribution in [0.1, 0.15) is 26.2 Å². The first kappa shape index (κ1) is 13.9. The molecule has 0 spiro atoms. The second-order valence-electron chi connectivity index (χ2n) is 3.62. The molecule has 0 aromatic carbocycles. The first-order valence-electron chi connectivity index (χ1n) is 5.59. The lowest BCUT2D eigenvalue weighted by molar-refractivity contribution is 0.482. The van der Waals surface area contributed by atoms with Crippen molar-refractivity contribution in [2.45, 2.75) is 26.2 Å². The quantitative estimate of drug-likeness (QED) is 0.602. The lowest BCUT2D eigenvalue weighted by Crippen LogP contribution is -2.13. The SMILES string of the molecule is C=C/C=C\C(=C/C=C)CCC(CC)CN. The van der Waals surface area contributed by atoms with Gasteiger partial charge in [0.15, 0.2) is 0 Å². The summed E-state index contributed by atoms with van der Waals surface area (Å²) in [5, 5.41) is 0. The number of rotatable bonds is 8. The molecule has 1 heteroatoms. The molecular formula is C14H23N. The van der Waals surface area contributed by atoms with Crippen molar-refractivity contribution in [1.82, 2.24) is 0 Å². The Kier molecular flexibility index (Phi) is 8.79. The van der Waals surface area contributed by atoms with Crippen LogP contribution in [-0.4, -0.2) is 6.54 Å². The van der Waals surface area contributed by atoms with Crippen LogP contribution in [0.4, 0.5) is 0 Å². The van der Waals surface area contributed by atoms with E-state index in [1.54, 1.807) is 6.08 Å². The molecule has 0 aliphatic carbocycles. The van der Waals surface area contributed by atoms with Gasteiger partial charge in [-0.15, -0.1) is 0 Å². The Morgan fingerprint density at radius 1 is 1.33 bits per heavy atom. The third-order valence-corrected chi connectivity index (χ3v) is 2.53. The van der Waals surface area contributed by atoms with Gasteiger partial charge in [0.2, 0.25) is 0 Å². The molecule has 0 bridgehead atoms. The van der Waals surface area contributed by atoms with E-state index in [0.29, 0.717) is 5.92 Å². The lowest BCUT2D eigenvalue weighted by atomic mass is 9.97. The van der Waals surface area contributed by atoms with Gasteiger partial charge in [-0.05, 0) is 30.9 Å². The number of nitrogens with two attached hydrogens (primary N) is 1.